The SMILES string of the molecule is CCN(CC)CC.CCc1ccc2ccc(OP(=O)(O)O)cc2n1. The maximum Gasteiger partial charge on any atom is 0.524 e. The zero-order valence-electron chi connectivity index (χ0n) is 14.8. The Morgan fingerprint density at radius 1 is 1.04 bits per heavy atom. The summed E-state index contributed by atoms with van der Waals surface area (Å²) in [5, 5.41) is 0.903. The van der Waals surface area contributed by atoms with E-state index in [2.05, 4.69) is 35.2 Å². The molecular formula is C17H27N2O4P. The van der Waals surface area contributed by atoms with Gasteiger partial charge in [0.15, 0.2) is 0 Å². The van der Waals surface area contributed by atoms with E-state index in [-0.39, 0.29) is 5.75 Å². The third-order valence-electron chi connectivity index (χ3n) is 3.65. The summed E-state index contributed by atoms with van der Waals surface area (Å²) in [5.41, 5.74) is 1.58. The number of phosphoric ester groups is 1. The van der Waals surface area contributed by atoms with E-state index in [1.165, 1.54) is 31.8 Å². The van der Waals surface area contributed by atoms with E-state index in [0.717, 1.165) is 17.5 Å². The van der Waals surface area contributed by atoms with Crippen LogP contribution >= 0.6 is 7.82 Å². The molecule has 0 aliphatic heterocycles. The van der Waals surface area contributed by atoms with Crippen molar-refractivity contribution in [3.05, 3.63) is 36.0 Å². The number of phosphoric acid groups is 1. The van der Waals surface area contributed by atoms with Crippen molar-refractivity contribution in [2.24, 2.45) is 0 Å². The molecule has 0 saturated carbocycles. The molecule has 2 rings (SSSR count). The van der Waals surface area contributed by atoms with Crippen LogP contribution in [0.2, 0.25) is 0 Å². The van der Waals surface area contributed by atoms with E-state index in [1.54, 1.807) is 6.07 Å². The van der Waals surface area contributed by atoms with Gasteiger partial charge in [-0.25, -0.2) is 4.57 Å². The standard InChI is InChI=1S/C11H12NO4P.C6H15N/c1-2-9-5-3-8-4-6-10(7-11(8)12-9)16-17(13,14)15;1-4-7(5-2)6-3/h3-7H,2H2,1H3,(H2,13,14,15);4-6H2,1-3H3. The number of aryl methyl sites for hydroxylation is 1. The minimum absolute atomic E-state index is 0.117. The Hall–Kier alpha value is -1.46. The van der Waals surface area contributed by atoms with Crippen LogP contribution in [0.3, 0.4) is 0 Å². The molecular weight excluding hydrogens is 327 g/mol. The van der Waals surface area contributed by atoms with E-state index in [1.807, 2.05) is 19.1 Å². The van der Waals surface area contributed by atoms with Crippen molar-refractivity contribution in [3.63, 3.8) is 0 Å². The lowest BCUT2D eigenvalue weighted by Crippen LogP contribution is -2.21. The molecule has 1 aromatic carbocycles. The average Bonchev–Trinajstić information content (AvgIpc) is 2.55. The molecule has 1 heterocycles. The lowest BCUT2D eigenvalue weighted by Gasteiger charge is -2.13. The Balaban J connectivity index is 0.000000351. The van der Waals surface area contributed by atoms with Gasteiger partial charge < -0.3 is 9.42 Å². The molecule has 1 aromatic heterocycles. The van der Waals surface area contributed by atoms with Gasteiger partial charge in [0.1, 0.15) is 5.75 Å². The molecule has 0 saturated heterocycles. The zero-order chi connectivity index (χ0) is 18.2. The molecule has 24 heavy (non-hydrogen) atoms. The second-order valence-electron chi connectivity index (χ2n) is 5.21. The number of pyridine rings is 1. The first kappa shape index (κ1) is 20.6. The van der Waals surface area contributed by atoms with E-state index in [4.69, 9.17) is 9.79 Å². The number of rotatable bonds is 6. The third-order valence-corrected chi connectivity index (χ3v) is 4.10. The third kappa shape index (κ3) is 6.97. The predicted octanol–water partition coefficient (Wildman–Crippen LogP) is 3.62. The van der Waals surface area contributed by atoms with Crippen molar-refractivity contribution in [1.29, 1.82) is 0 Å². The number of benzene rings is 1. The van der Waals surface area contributed by atoms with Crippen molar-refractivity contribution in [2.75, 3.05) is 19.6 Å². The summed E-state index contributed by atoms with van der Waals surface area (Å²) in [7, 11) is -4.51. The molecule has 0 spiro atoms. The van der Waals surface area contributed by atoms with Crippen LogP contribution in [0.15, 0.2) is 30.3 Å². The Kier molecular flexibility index (Phi) is 8.36. The lowest BCUT2D eigenvalue weighted by molar-refractivity contribution is 0.283. The summed E-state index contributed by atoms with van der Waals surface area (Å²) < 4.78 is 15.2. The minimum atomic E-state index is -4.51. The molecule has 2 N–H and O–H groups in total. The molecule has 0 aliphatic rings. The summed E-state index contributed by atoms with van der Waals surface area (Å²) in [5.74, 6) is 0.117. The van der Waals surface area contributed by atoms with Crippen molar-refractivity contribution >= 4 is 18.7 Å². The summed E-state index contributed by atoms with van der Waals surface area (Å²) in [6.45, 7) is 12.1. The summed E-state index contributed by atoms with van der Waals surface area (Å²) in [6, 6.07) is 8.59. The van der Waals surface area contributed by atoms with Gasteiger partial charge in [-0.15, -0.1) is 0 Å². The van der Waals surface area contributed by atoms with E-state index < -0.39 is 7.82 Å². The van der Waals surface area contributed by atoms with E-state index in [9.17, 15) is 4.57 Å². The molecule has 0 unspecified atom stereocenters. The van der Waals surface area contributed by atoms with Gasteiger partial charge in [0.2, 0.25) is 0 Å². The summed E-state index contributed by atoms with van der Waals surface area (Å²) in [4.78, 5) is 24.2. The van der Waals surface area contributed by atoms with E-state index in [0.29, 0.717) is 5.52 Å². The maximum absolute atomic E-state index is 10.7. The fourth-order valence-electron chi connectivity index (χ4n) is 2.20. The van der Waals surface area contributed by atoms with Crippen LogP contribution in [-0.4, -0.2) is 39.3 Å². The Labute approximate surface area is 143 Å². The predicted molar refractivity (Wildman–Crippen MR) is 97.3 cm³/mol. The molecule has 6 nitrogen and oxygen atoms in total. The smallest absolute Gasteiger partial charge is 0.404 e. The maximum atomic E-state index is 10.7. The number of nitrogens with zero attached hydrogens (tertiary/aromatic N) is 2. The van der Waals surface area contributed by atoms with Crippen LogP contribution in [0, 0.1) is 0 Å². The molecule has 134 valence electrons. The van der Waals surface area contributed by atoms with Crippen LogP contribution in [0.5, 0.6) is 5.75 Å². The van der Waals surface area contributed by atoms with Crippen LogP contribution in [0.25, 0.3) is 10.9 Å². The monoisotopic (exact) mass is 354 g/mol. The highest BCUT2D eigenvalue weighted by molar-refractivity contribution is 7.46. The molecule has 0 bridgehead atoms. The van der Waals surface area contributed by atoms with Crippen LogP contribution in [-0.2, 0) is 11.0 Å². The molecule has 7 heteroatoms. The average molecular weight is 354 g/mol. The van der Waals surface area contributed by atoms with Gasteiger partial charge in [0, 0.05) is 17.1 Å². The van der Waals surface area contributed by atoms with Crippen LogP contribution < -0.4 is 4.52 Å². The van der Waals surface area contributed by atoms with Gasteiger partial charge in [-0.1, -0.05) is 33.8 Å². The zero-order valence-corrected chi connectivity index (χ0v) is 15.7. The first-order chi connectivity index (χ1) is 11.3. The highest BCUT2D eigenvalue weighted by atomic mass is 31.2. The lowest BCUT2D eigenvalue weighted by atomic mass is 10.2. The van der Waals surface area contributed by atoms with Crippen molar-refractivity contribution in [1.82, 2.24) is 9.88 Å². The van der Waals surface area contributed by atoms with Gasteiger partial charge in [0.25, 0.3) is 0 Å². The number of hydrogen-bond acceptors (Lipinski definition) is 4. The molecule has 0 aliphatic carbocycles. The first-order valence-corrected chi connectivity index (χ1v) is 9.73. The second-order valence-corrected chi connectivity index (χ2v) is 6.38. The van der Waals surface area contributed by atoms with E-state index >= 15 is 0 Å². The molecule has 2 aromatic rings. The van der Waals surface area contributed by atoms with Crippen molar-refractivity contribution < 1.29 is 18.9 Å². The van der Waals surface area contributed by atoms with Gasteiger partial charge in [-0.2, -0.15) is 0 Å². The highest BCUT2D eigenvalue weighted by Crippen LogP contribution is 2.38. The number of fused-ring (bicyclic) bond motifs is 1. The largest absolute Gasteiger partial charge is 0.524 e. The van der Waals surface area contributed by atoms with Gasteiger partial charge in [-0.3, -0.25) is 14.8 Å². The normalized spacial score (nSPS) is 11.3. The topological polar surface area (TPSA) is 82.9 Å². The van der Waals surface area contributed by atoms with Crippen LogP contribution in [0.1, 0.15) is 33.4 Å². The molecule has 0 radical (unpaired) electrons. The number of aromatic nitrogens is 1. The highest BCUT2D eigenvalue weighted by Gasteiger charge is 2.15. The summed E-state index contributed by atoms with van der Waals surface area (Å²) in [6.07, 6.45) is 0.805. The Morgan fingerprint density at radius 3 is 2.08 bits per heavy atom. The quantitative estimate of drug-likeness (QED) is 0.771. The molecule has 0 fully saturated rings. The fraction of sp³-hybridized carbons (Fsp3) is 0.471. The van der Waals surface area contributed by atoms with Gasteiger partial charge in [0.05, 0.1) is 5.52 Å². The van der Waals surface area contributed by atoms with Crippen molar-refractivity contribution in [2.45, 2.75) is 34.1 Å². The van der Waals surface area contributed by atoms with Crippen molar-refractivity contribution in [3.8, 4) is 5.75 Å². The van der Waals surface area contributed by atoms with Crippen LogP contribution in [0.4, 0.5) is 0 Å². The Bertz CT molecular complexity index is 678. The second kappa shape index (κ2) is 9.74. The van der Waals surface area contributed by atoms with Gasteiger partial charge >= 0.3 is 7.82 Å². The number of hydrogen-bond donors (Lipinski definition) is 2. The fourth-order valence-corrected chi connectivity index (χ4v) is 2.59. The van der Waals surface area contributed by atoms with Gasteiger partial charge in [-0.05, 0) is 44.3 Å². The first-order valence-electron chi connectivity index (χ1n) is 8.20. The Morgan fingerprint density at radius 2 is 1.62 bits per heavy atom. The molecule has 0 atom stereocenters. The molecule has 0 amide bonds. The minimum Gasteiger partial charge on any atom is -0.404 e. The summed E-state index contributed by atoms with van der Waals surface area (Å²) >= 11 is 0.